The van der Waals surface area contributed by atoms with Gasteiger partial charge in [-0.1, -0.05) is 6.07 Å². The summed E-state index contributed by atoms with van der Waals surface area (Å²) in [7, 11) is -3.49. The summed E-state index contributed by atoms with van der Waals surface area (Å²) in [4.78, 5) is 25.2. The predicted molar refractivity (Wildman–Crippen MR) is 121 cm³/mol. The zero-order valence-electron chi connectivity index (χ0n) is 18.2. The summed E-state index contributed by atoms with van der Waals surface area (Å²) in [6.45, 7) is 3.41. The number of aromatic nitrogens is 1. The van der Waals surface area contributed by atoms with E-state index in [0.29, 0.717) is 22.8 Å². The molecule has 1 aliphatic heterocycles. The van der Waals surface area contributed by atoms with Gasteiger partial charge in [0.15, 0.2) is 18.1 Å². The van der Waals surface area contributed by atoms with Crippen LogP contribution in [0.5, 0.6) is 11.5 Å². The number of rotatable bonds is 7. The molecule has 1 aliphatic rings. The second-order valence-corrected chi connectivity index (χ2v) is 9.36. The number of esters is 1. The van der Waals surface area contributed by atoms with Crippen LogP contribution in [0.1, 0.15) is 32.1 Å². The first-order chi connectivity index (χ1) is 15.6. The number of fused-ring (bicyclic) bond motifs is 1. The smallest absolute Gasteiger partial charge is 0.338 e. The average molecular weight is 471 g/mol. The molecule has 0 bridgehead atoms. The monoisotopic (exact) mass is 470 g/mol. The molecule has 0 saturated heterocycles. The summed E-state index contributed by atoms with van der Waals surface area (Å²) in [5.74, 6) is 0.216. The Morgan fingerprint density at radius 1 is 1.06 bits per heavy atom. The molecule has 10 heteroatoms. The van der Waals surface area contributed by atoms with Gasteiger partial charge in [-0.2, -0.15) is 0 Å². The highest BCUT2D eigenvalue weighted by atomic mass is 32.2. The molecule has 0 radical (unpaired) electrons. The predicted octanol–water partition coefficient (Wildman–Crippen LogP) is 3.23. The van der Waals surface area contributed by atoms with E-state index in [1.54, 1.807) is 6.07 Å². The molecule has 0 spiro atoms. The van der Waals surface area contributed by atoms with E-state index in [-0.39, 0.29) is 23.8 Å². The van der Waals surface area contributed by atoms with E-state index in [1.165, 1.54) is 24.3 Å². The Bertz CT molecular complexity index is 1360. The summed E-state index contributed by atoms with van der Waals surface area (Å²) >= 11 is 0. The molecule has 3 aromatic rings. The normalized spacial score (nSPS) is 12.5. The van der Waals surface area contributed by atoms with E-state index in [2.05, 4.69) is 4.72 Å². The van der Waals surface area contributed by atoms with Crippen LogP contribution in [0.4, 0.5) is 5.69 Å². The van der Waals surface area contributed by atoms with Gasteiger partial charge in [0.25, 0.3) is 0 Å². The highest BCUT2D eigenvalue weighted by molar-refractivity contribution is 7.92. The van der Waals surface area contributed by atoms with Crippen molar-refractivity contribution < 1.29 is 32.2 Å². The standard InChI is InChI=1S/C23H22N2O7S/c1-14-9-19(15(2)25(14)18-7-8-21-22(11-18)32-13-31-21)20(26)12-30-23(27)16-5-4-6-17(10-16)24-33(3,28)29/h4-11,24H,12-13H2,1-3H3. The lowest BCUT2D eigenvalue weighted by Crippen LogP contribution is -2.15. The zero-order valence-corrected chi connectivity index (χ0v) is 19.1. The molecule has 4 rings (SSSR count). The lowest BCUT2D eigenvalue weighted by atomic mass is 10.1. The fourth-order valence-corrected chi connectivity index (χ4v) is 4.24. The Kier molecular flexibility index (Phi) is 5.86. The van der Waals surface area contributed by atoms with Gasteiger partial charge in [-0.15, -0.1) is 0 Å². The van der Waals surface area contributed by atoms with Crippen molar-refractivity contribution in [1.29, 1.82) is 0 Å². The number of ketones is 1. The van der Waals surface area contributed by atoms with Crippen molar-refractivity contribution in [3.05, 3.63) is 71.0 Å². The minimum absolute atomic E-state index is 0.127. The Morgan fingerprint density at radius 3 is 2.58 bits per heavy atom. The molecule has 0 unspecified atom stereocenters. The van der Waals surface area contributed by atoms with Crippen LogP contribution in [-0.2, 0) is 14.8 Å². The van der Waals surface area contributed by atoms with E-state index >= 15 is 0 Å². The number of nitrogens with one attached hydrogen (secondary N) is 1. The van der Waals surface area contributed by atoms with Crippen molar-refractivity contribution in [2.75, 3.05) is 24.4 Å². The Morgan fingerprint density at radius 2 is 1.82 bits per heavy atom. The SMILES string of the molecule is Cc1cc(C(=O)COC(=O)c2cccc(NS(C)(=O)=O)c2)c(C)n1-c1ccc2c(c1)OCO2. The van der Waals surface area contributed by atoms with Gasteiger partial charge in [0.05, 0.1) is 11.8 Å². The molecule has 0 saturated carbocycles. The molecule has 0 fully saturated rings. The largest absolute Gasteiger partial charge is 0.454 e. The molecule has 1 aromatic heterocycles. The van der Waals surface area contributed by atoms with E-state index in [9.17, 15) is 18.0 Å². The maximum absolute atomic E-state index is 12.8. The molecule has 9 nitrogen and oxygen atoms in total. The van der Waals surface area contributed by atoms with Gasteiger partial charge in [-0.25, -0.2) is 13.2 Å². The third kappa shape index (κ3) is 4.85. The van der Waals surface area contributed by atoms with Crippen molar-refractivity contribution in [3.8, 4) is 17.2 Å². The highest BCUT2D eigenvalue weighted by Crippen LogP contribution is 2.35. The highest BCUT2D eigenvalue weighted by Gasteiger charge is 2.21. The first-order valence-corrected chi connectivity index (χ1v) is 11.9. The van der Waals surface area contributed by atoms with Gasteiger partial charge in [-0.05, 0) is 50.2 Å². The third-order valence-corrected chi connectivity index (χ3v) is 5.69. The average Bonchev–Trinajstić information content (AvgIpc) is 3.33. The summed E-state index contributed by atoms with van der Waals surface area (Å²) in [5, 5.41) is 0. The lowest BCUT2D eigenvalue weighted by Gasteiger charge is -2.11. The number of nitrogens with zero attached hydrogens (tertiary/aromatic N) is 1. The fraction of sp³-hybridized carbons (Fsp3) is 0.217. The Labute approximate surface area is 190 Å². The van der Waals surface area contributed by atoms with Gasteiger partial charge < -0.3 is 18.8 Å². The van der Waals surface area contributed by atoms with Gasteiger partial charge in [0.1, 0.15) is 0 Å². The topological polar surface area (TPSA) is 113 Å². The van der Waals surface area contributed by atoms with Crippen LogP contribution in [0.15, 0.2) is 48.5 Å². The fourth-order valence-electron chi connectivity index (χ4n) is 3.68. The van der Waals surface area contributed by atoms with Crippen LogP contribution in [-0.4, -0.2) is 44.4 Å². The third-order valence-electron chi connectivity index (χ3n) is 5.08. The van der Waals surface area contributed by atoms with Crippen molar-refractivity contribution in [2.45, 2.75) is 13.8 Å². The van der Waals surface area contributed by atoms with Crippen molar-refractivity contribution in [1.82, 2.24) is 4.57 Å². The number of carbonyl (C=O) groups is 2. The number of hydrogen-bond acceptors (Lipinski definition) is 7. The number of benzene rings is 2. The van der Waals surface area contributed by atoms with Gasteiger partial charge >= 0.3 is 5.97 Å². The minimum Gasteiger partial charge on any atom is -0.454 e. The summed E-state index contributed by atoms with van der Waals surface area (Å²) in [6, 6.07) is 13.1. The molecule has 2 aromatic carbocycles. The van der Waals surface area contributed by atoms with Crippen LogP contribution in [0.3, 0.4) is 0 Å². The molecule has 0 atom stereocenters. The maximum Gasteiger partial charge on any atom is 0.338 e. The molecular formula is C23H22N2O7S. The van der Waals surface area contributed by atoms with E-state index in [4.69, 9.17) is 14.2 Å². The number of ether oxygens (including phenoxy) is 3. The number of carbonyl (C=O) groups excluding carboxylic acids is 2. The molecular weight excluding hydrogens is 448 g/mol. The quantitative estimate of drug-likeness (QED) is 0.417. The number of aryl methyl sites for hydroxylation is 1. The van der Waals surface area contributed by atoms with E-state index in [0.717, 1.165) is 17.6 Å². The summed E-state index contributed by atoms with van der Waals surface area (Å²) in [6.07, 6.45) is 1.01. The van der Waals surface area contributed by atoms with E-state index in [1.807, 2.05) is 36.6 Å². The van der Waals surface area contributed by atoms with Gasteiger partial charge in [-0.3, -0.25) is 9.52 Å². The van der Waals surface area contributed by atoms with Crippen LogP contribution in [0, 0.1) is 13.8 Å². The molecule has 0 aliphatic carbocycles. The van der Waals surface area contributed by atoms with Crippen LogP contribution < -0.4 is 14.2 Å². The minimum atomic E-state index is -3.49. The van der Waals surface area contributed by atoms with Crippen LogP contribution in [0.25, 0.3) is 5.69 Å². The van der Waals surface area contributed by atoms with Crippen LogP contribution >= 0.6 is 0 Å². The maximum atomic E-state index is 12.8. The number of Topliss-reactive ketones (excluding diaryl/α,β-unsaturated/α-hetero) is 1. The van der Waals surface area contributed by atoms with Gasteiger partial charge in [0, 0.05) is 34.4 Å². The zero-order chi connectivity index (χ0) is 23.8. The molecule has 33 heavy (non-hydrogen) atoms. The molecule has 1 N–H and O–H groups in total. The van der Waals surface area contributed by atoms with Crippen molar-refractivity contribution in [2.24, 2.45) is 0 Å². The lowest BCUT2D eigenvalue weighted by molar-refractivity contribution is 0.0474. The number of anilines is 1. The molecule has 2 heterocycles. The second-order valence-electron chi connectivity index (χ2n) is 7.61. The van der Waals surface area contributed by atoms with Crippen molar-refractivity contribution in [3.63, 3.8) is 0 Å². The Balaban J connectivity index is 1.48. The van der Waals surface area contributed by atoms with Crippen LogP contribution in [0.2, 0.25) is 0 Å². The van der Waals surface area contributed by atoms with E-state index < -0.39 is 22.6 Å². The number of sulfonamides is 1. The molecule has 172 valence electrons. The van der Waals surface area contributed by atoms with Crippen molar-refractivity contribution >= 4 is 27.5 Å². The summed E-state index contributed by atoms with van der Waals surface area (Å²) < 4.78 is 43.0. The Hall–Kier alpha value is -3.79. The summed E-state index contributed by atoms with van der Waals surface area (Å²) in [5.41, 5.74) is 3.14. The first kappa shape index (κ1) is 22.4. The second kappa shape index (κ2) is 8.62. The molecule has 0 amide bonds. The van der Waals surface area contributed by atoms with Gasteiger partial charge in [0.2, 0.25) is 22.6 Å². The number of hydrogen-bond donors (Lipinski definition) is 1. The first-order valence-electron chi connectivity index (χ1n) is 9.99.